The molecule has 0 saturated heterocycles. The van der Waals surface area contributed by atoms with Gasteiger partial charge in [0, 0.05) is 21.9 Å². The number of H-pyrrole nitrogens is 1. The van der Waals surface area contributed by atoms with Crippen LogP contribution in [0.4, 0.5) is 0 Å². The monoisotopic (exact) mass is 312 g/mol. The first-order chi connectivity index (χ1) is 10.6. The lowest BCUT2D eigenvalue weighted by molar-refractivity contribution is -0.137. The van der Waals surface area contributed by atoms with E-state index in [4.69, 9.17) is 4.74 Å². The molecule has 1 aromatic heterocycles. The topological polar surface area (TPSA) is 65.9 Å². The summed E-state index contributed by atoms with van der Waals surface area (Å²) in [5.74, 6) is -0.656. The Bertz CT molecular complexity index is 755. The van der Waals surface area contributed by atoms with Gasteiger partial charge >= 0.3 is 5.97 Å². The Morgan fingerprint density at radius 2 is 2.05 bits per heavy atom. The third-order valence-corrected chi connectivity index (χ3v) is 3.65. The molecule has 0 spiro atoms. The van der Waals surface area contributed by atoms with Gasteiger partial charge in [0.1, 0.15) is 6.07 Å². The Balaban J connectivity index is 2.47. The van der Waals surface area contributed by atoms with Crippen molar-refractivity contribution < 1.29 is 9.53 Å². The number of thiol groups is 1. The van der Waals surface area contributed by atoms with Gasteiger partial charge in [-0.2, -0.15) is 5.26 Å². The van der Waals surface area contributed by atoms with Gasteiger partial charge in [-0.15, -0.1) is 12.6 Å². The zero-order chi connectivity index (χ0) is 16.1. The van der Waals surface area contributed by atoms with E-state index in [2.05, 4.69) is 17.6 Å². The minimum absolute atomic E-state index is 0.0908. The van der Waals surface area contributed by atoms with Crippen molar-refractivity contribution >= 4 is 23.5 Å². The minimum atomic E-state index is -0.656. The smallest absolute Gasteiger partial charge is 0.350 e. The van der Waals surface area contributed by atoms with Crippen LogP contribution >= 0.6 is 12.6 Å². The predicted octanol–water partition coefficient (Wildman–Crippen LogP) is 3.72. The third-order valence-electron chi connectivity index (χ3n) is 3.18. The number of carbonyl (C=O) groups is 1. The number of hydrogen-bond donors (Lipinski definition) is 2. The van der Waals surface area contributed by atoms with Crippen molar-refractivity contribution in [2.45, 2.75) is 13.8 Å². The van der Waals surface area contributed by atoms with Crippen LogP contribution in [0.2, 0.25) is 0 Å². The number of nitriles is 1. The van der Waals surface area contributed by atoms with Crippen molar-refractivity contribution in [3.05, 3.63) is 53.2 Å². The van der Waals surface area contributed by atoms with Crippen molar-refractivity contribution in [1.82, 2.24) is 4.98 Å². The molecule has 0 saturated carbocycles. The van der Waals surface area contributed by atoms with Crippen LogP contribution in [0.15, 0.2) is 42.0 Å². The molecule has 0 aliphatic carbocycles. The Morgan fingerprint density at radius 1 is 1.36 bits per heavy atom. The number of hydrogen-bond acceptors (Lipinski definition) is 4. The number of nitrogens with zero attached hydrogens (tertiary/aromatic N) is 1. The summed E-state index contributed by atoms with van der Waals surface area (Å²) < 4.78 is 4.89. The number of aryl methyl sites for hydroxylation is 1. The van der Waals surface area contributed by atoms with Crippen LogP contribution in [-0.2, 0) is 9.53 Å². The van der Waals surface area contributed by atoms with Crippen molar-refractivity contribution in [3.8, 4) is 17.3 Å². The first-order valence-corrected chi connectivity index (χ1v) is 7.29. The molecule has 1 aromatic carbocycles. The number of ether oxygens (including phenoxy) is 1. The summed E-state index contributed by atoms with van der Waals surface area (Å²) in [4.78, 5) is 15.4. The number of aromatic amines is 1. The Morgan fingerprint density at radius 3 is 2.64 bits per heavy atom. The summed E-state index contributed by atoms with van der Waals surface area (Å²) in [7, 11) is 0. The van der Waals surface area contributed by atoms with Crippen LogP contribution in [0.25, 0.3) is 16.2 Å². The molecule has 1 N–H and O–H groups in total. The fraction of sp³-hybridized carbons (Fsp3) is 0.176. The molecule has 0 radical (unpaired) electrons. The molecule has 0 bridgehead atoms. The molecule has 1 heterocycles. The Kier molecular flexibility index (Phi) is 5.08. The van der Waals surface area contributed by atoms with E-state index in [0.717, 1.165) is 17.0 Å². The van der Waals surface area contributed by atoms with Gasteiger partial charge in [0.2, 0.25) is 0 Å². The first-order valence-electron chi connectivity index (χ1n) is 6.84. The van der Waals surface area contributed by atoms with Crippen molar-refractivity contribution in [2.75, 3.05) is 6.61 Å². The average Bonchev–Trinajstić information content (AvgIpc) is 2.91. The summed E-state index contributed by atoms with van der Waals surface area (Å²) >= 11 is 4.36. The third kappa shape index (κ3) is 3.23. The number of esters is 1. The molecule has 22 heavy (non-hydrogen) atoms. The van der Waals surface area contributed by atoms with Crippen LogP contribution in [0.5, 0.6) is 0 Å². The van der Waals surface area contributed by atoms with E-state index >= 15 is 0 Å². The van der Waals surface area contributed by atoms with Crippen molar-refractivity contribution in [3.63, 3.8) is 0 Å². The second kappa shape index (κ2) is 7.01. The molecule has 0 aliphatic rings. The molecule has 0 fully saturated rings. The number of benzene rings is 1. The van der Waals surface area contributed by atoms with Gasteiger partial charge in [-0.05, 0) is 25.5 Å². The summed E-state index contributed by atoms with van der Waals surface area (Å²) in [5, 5.41) is 9.20. The maximum atomic E-state index is 11.8. The van der Waals surface area contributed by atoms with Gasteiger partial charge in [0.25, 0.3) is 0 Å². The molecule has 0 aliphatic heterocycles. The predicted molar refractivity (Wildman–Crippen MR) is 89.1 cm³/mol. The van der Waals surface area contributed by atoms with Crippen LogP contribution in [0, 0.1) is 18.3 Å². The SMILES string of the molecule is CCOC(=O)/C(C#N)=C(\S)c1cc(-c2ccccc2)[nH]c1C. The summed E-state index contributed by atoms with van der Waals surface area (Å²) in [5.41, 5.74) is 3.38. The number of carbonyl (C=O) groups excluding carboxylic acids is 1. The second-order valence-electron chi connectivity index (χ2n) is 4.64. The molecule has 0 amide bonds. The van der Waals surface area contributed by atoms with Crippen LogP contribution < -0.4 is 0 Å². The number of aromatic nitrogens is 1. The number of nitrogens with one attached hydrogen (secondary N) is 1. The first kappa shape index (κ1) is 15.9. The Labute approximate surface area is 134 Å². The van der Waals surface area contributed by atoms with Crippen LogP contribution in [-0.4, -0.2) is 17.6 Å². The maximum absolute atomic E-state index is 11.8. The molecule has 4 nitrogen and oxygen atoms in total. The molecule has 2 rings (SSSR count). The Hall–Kier alpha value is -2.45. The molecular weight excluding hydrogens is 296 g/mol. The average molecular weight is 312 g/mol. The highest BCUT2D eigenvalue weighted by Gasteiger charge is 2.18. The van der Waals surface area contributed by atoms with Gasteiger partial charge in [0.05, 0.1) is 6.61 Å². The standard InChI is InChI=1S/C17H16N2O2S/c1-3-21-17(20)14(10-18)16(22)13-9-15(19-11(13)2)12-7-5-4-6-8-12/h4-9,19,22H,3H2,1-2H3/b16-14-. The van der Waals surface area contributed by atoms with Crippen molar-refractivity contribution in [1.29, 1.82) is 5.26 Å². The van der Waals surface area contributed by atoms with Gasteiger partial charge in [-0.1, -0.05) is 30.3 Å². The van der Waals surface area contributed by atoms with Gasteiger partial charge in [0.15, 0.2) is 5.57 Å². The van der Waals surface area contributed by atoms with E-state index in [0.29, 0.717) is 10.5 Å². The van der Waals surface area contributed by atoms with E-state index in [1.807, 2.05) is 49.4 Å². The normalized spacial score (nSPS) is 11.5. The van der Waals surface area contributed by atoms with Crippen LogP contribution in [0.3, 0.4) is 0 Å². The molecular formula is C17H16N2O2S. The highest BCUT2D eigenvalue weighted by atomic mass is 32.1. The van der Waals surface area contributed by atoms with Gasteiger partial charge < -0.3 is 9.72 Å². The van der Waals surface area contributed by atoms with E-state index in [1.165, 1.54) is 0 Å². The molecule has 112 valence electrons. The highest BCUT2D eigenvalue weighted by Crippen LogP contribution is 2.30. The van der Waals surface area contributed by atoms with E-state index < -0.39 is 5.97 Å². The molecule has 0 unspecified atom stereocenters. The second-order valence-corrected chi connectivity index (χ2v) is 5.09. The number of rotatable bonds is 4. The fourth-order valence-corrected chi connectivity index (χ4v) is 2.48. The zero-order valence-corrected chi connectivity index (χ0v) is 13.3. The summed E-state index contributed by atoms with van der Waals surface area (Å²) in [6.07, 6.45) is 0. The van der Waals surface area contributed by atoms with Crippen molar-refractivity contribution in [2.24, 2.45) is 0 Å². The fourth-order valence-electron chi connectivity index (χ4n) is 2.11. The van der Waals surface area contributed by atoms with E-state index in [-0.39, 0.29) is 12.2 Å². The molecule has 2 aromatic rings. The zero-order valence-electron chi connectivity index (χ0n) is 12.4. The highest BCUT2D eigenvalue weighted by molar-refractivity contribution is 7.90. The summed E-state index contributed by atoms with van der Waals surface area (Å²) in [6, 6.07) is 13.5. The van der Waals surface area contributed by atoms with E-state index in [1.54, 1.807) is 6.92 Å². The van der Waals surface area contributed by atoms with Gasteiger partial charge in [-0.25, -0.2) is 4.79 Å². The van der Waals surface area contributed by atoms with E-state index in [9.17, 15) is 10.1 Å². The maximum Gasteiger partial charge on any atom is 0.350 e. The largest absolute Gasteiger partial charge is 0.462 e. The van der Waals surface area contributed by atoms with Crippen LogP contribution in [0.1, 0.15) is 18.2 Å². The lowest BCUT2D eigenvalue weighted by Crippen LogP contribution is -2.07. The molecule has 0 atom stereocenters. The lowest BCUT2D eigenvalue weighted by Gasteiger charge is -2.04. The molecule has 5 heteroatoms. The van der Waals surface area contributed by atoms with Gasteiger partial charge in [-0.3, -0.25) is 0 Å². The quantitative estimate of drug-likeness (QED) is 0.391. The summed E-state index contributed by atoms with van der Waals surface area (Å²) in [6.45, 7) is 3.78. The minimum Gasteiger partial charge on any atom is -0.462 e. The lowest BCUT2D eigenvalue weighted by atomic mass is 10.1.